The molecule has 98 valence electrons. The van der Waals surface area contributed by atoms with Gasteiger partial charge in [0.15, 0.2) is 0 Å². The first-order valence-electron chi connectivity index (χ1n) is 5.61. The van der Waals surface area contributed by atoms with Gasteiger partial charge in [0, 0.05) is 6.07 Å². The van der Waals surface area contributed by atoms with E-state index < -0.39 is 0 Å². The zero-order chi connectivity index (χ0) is 13.3. The van der Waals surface area contributed by atoms with E-state index >= 15 is 0 Å². The van der Waals surface area contributed by atoms with Crippen molar-refractivity contribution in [3.05, 3.63) is 22.7 Å². The smallest absolute Gasteiger partial charge is 0.218 e. The SMILES string of the molecule is COc1cc(OC)c(Cl)c(C2=NC(C)(C)CO2)c1. The van der Waals surface area contributed by atoms with Crippen LogP contribution in [0, 0.1) is 0 Å². The van der Waals surface area contributed by atoms with Gasteiger partial charge in [-0.2, -0.15) is 0 Å². The molecular weight excluding hydrogens is 254 g/mol. The summed E-state index contributed by atoms with van der Waals surface area (Å²) in [4.78, 5) is 4.50. The van der Waals surface area contributed by atoms with Crippen molar-refractivity contribution in [2.75, 3.05) is 20.8 Å². The second-order valence-corrected chi connectivity index (χ2v) is 5.09. The van der Waals surface area contributed by atoms with Gasteiger partial charge in [-0.3, -0.25) is 0 Å². The van der Waals surface area contributed by atoms with Crippen molar-refractivity contribution in [2.45, 2.75) is 19.4 Å². The number of hydrogen-bond donors (Lipinski definition) is 0. The summed E-state index contributed by atoms with van der Waals surface area (Å²) in [6.45, 7) is 4.55. The number of rotatable bonds is 3. The minimum Gasteiger partial charge on any atom is -0.497 e. The van der Waals surface area contributed by atoms with Crippen LogP contribution in [0.1, 0.15) is 19.4 Å². The second kappa shape index (κ2) is 4.69. The molecule has 0 aromatic heterocycles. The lowest BCUT2D eigenvalue weighted by Crippen LogP contribution is -2.17. The summed E-state index contributed by atoms with van der Waals surface area (Å²) >= 11 is 6.27. The maximum atomic E-state index is 6.27. The van der Waals surface area contributed by atoms with Gasteiger partial charge >= 0.3 is 0 Å². The van der Waals surface area contributed by atoms with Crippen molar-refractivity contribution in [3.8, 4) is 11.5 Å². The highest BCUT2D eigenvalue weighted by molar-refractivity contribution is 6.35. The molecule has 0 unspecified atom stereocenters. The summed E-state index contributed by atoms with van der Waals surface area (Å²) in [7, 11) is 3.15. The molecule has 0 saturated carbocycles. The van der Waals surface area contributed by atoms with Gasteiger partial charge in [-0.05, 0) is 19.9 Å². The molecule has 18 heavy (non-hydrogen) atoms. The van der Waals surface area contributed by atoms with Gasteiger partial charge in [0.25, 0.3) is 0 Å². The molecule has 1 aliphatic rings. The van der Waals surface area contributed by atoms with Gasteiger partial charge in [-0.25, -0.2) is 4.99 Å². The highest BCUT2D eigenvalue weighted by Crippen LogP contribution is 2.35. The maximum Gasteiger partial charge on any atom is 0.218 e. The zero-order valence-corrected chi connectivity index (χ0v) is 11.7. The van der Waals surface area contributed by atoms with Crippen LogP contribution in [0.15, 0.2) is 17.1 Å². The fourth-order valence-electron chi connectivity index (χ4n) is 1.72. The van der Waals surface area contributed by atoms with Crippen molar-refractivity contribution in [1.29, 1.82) is 0 Å². The Labute approximate surface area is 112 Å². The molecule has 0 bridgehead atoms. The van der Waals surface area contributed by atoms with Crippen LogP contribution in [0.2, 0.25) is 5.02 Å². The van der Waals surface area contributed by atoms with Gasteiger partial charge in [0.2, 0.25) is 5.90 Å². The van der Waals surface area contributed by atoms with Crippen LogP contribution in [0.3, 0.4) is 0 Å². The fourth-order valence-corrected chi connectivity index (χ4v) is 1.98. The zero-order valence-electron chi connectivity index (χ0n) is 10.9. The lowest BCUT2D eigenvalue weighted by atomic mass is 10.1. The van der Waals surface area contributed by atoms with Gasteiger partial charge in [-0.1, -0.05) is 11.6 Å². The molecule has 1 aromatic rings. The minimum atomic E-state index is -0.227. The first kappa shape index (κ1) is 13.0. The lowest BCUT2D eigenvalue weighted by molar-refractivity contribution is 0.279. The van der Waals surface area contributed by atoms with Gasteiger partial charge < -0.3 is 14.2 Å². The van der Waals surface area contributed by atoms with E-state index in [1.54, 1.807) is 26.4 Å². The molecule has 0 spiro atoms. The third-order valence-electron chi connectivity index (χ3n) is 2.67. The Bertz CT molecular complexity index is 497. The number of benzene rings is 1. The summed E-state index contributed by atoms with van der Waals surface area (Å²) in [5.74, 6) is 1.73. The van der Waals surface area contributed by atoms with Crippen LogP contribution >= 0.6 is 11.6 Å². The molecule has 0 N–H and O–H groups in total. The average molecular weight is 270 g/mol. The highest BCUT2D eigenvalue weighted by Gasteiger charge is 2.29. The maximum absolute atomic E-state index is 6.27. The molecule has 0 radical (unpaired) electrons. The molecule has 2 rings (SSSR count). The summed E-state index contributed by atoms with van der Waals surface area (Å²) in [6, 6.07) is 3.53. The van der Waals surface area contributed by atoms with Crippen LogP contribution in [0.5, 0.6) is 11.5 Å². The molecule has 1 aromatic carbocycles. The average Bonchev–Trinajstić information content (AvgIpc) is 2.70. The van der Waals surface area contributed by atoms with Gasteiger partial charge in [-0.15, -0.1) is 0 Å². The Balaban J connectivity index is 2.50. The predicted octanol–water partition coefficient (Wildman–Crippen LogP) is 2.91. The van der Waals surface area contributed by atoms with E-state index in [2.05, 4.69) is 4.99 Å². The molecule has 0 amide bonds. The molecule has 5 heteroatoms. The van der Waals surface area contributed by atoms with E-state index in [0.29, 0.717) is 34.6 Å². The van der Waals surface area contributed by atoms with E-state index in [-0.39, 0.29) is 5.54 Å². The van der Waals surface area contributed by atoms with Crippen molar-refractivity contribution < 1.29 is 14.2 Å². The van der Waals surface area contributed by atoms with E-state index in [0.717, 1.165) is 0 Å². The lowest BCUT2D eigenvalue weighted by Gasteiger charge is -2.11. The summed E-state index contributed by atoms with van der Waals surface area (Å²) < 4.78 is 16.0. The molecule has 0 fully saturated rings. The first-order chi connectivity index (χ1) is 8.46. The van der Waals surface area contributed by atoms with Crippen molar-refractivity contribution in [2.24, 2.45) is 4.99 Å². The second-order valence-electron chi connectivity index (χ2n) is 4.71. The van der Waals surface area contributed by atoms with E-state index in [4.69, 9.17) is 25.8 Å². The third-order valence-corrected chi connectivity index (χ3v) is 3.05. The molecule has 0 saturated heterocycles. The standard InChI is InChI=1S/C13H16ClNO3/c1-13(2)7-18-12(15-13)9-5-8(16-3)6-10(17-4)11(9)14/h5-6H,7H2,1-4H3. The summed E-state index contributed by atoms with van der Waals surface area (Å²) in [5.41, 5.74) is 0.466. The summed E-state index contributed by atoms with van der Waals surface area (Å²) in [5, 5.41) is 0.481. The monoisotopic (exact) mass is 269 g/mol. The van der Waals surface area contributed by atoms with E-state index in [1.165, 1.54) is 0 Å². The summed E-state index contributed by atoms with van der Waals surface area (Å²) in [6.07, 6.45) is 0. The number of methoxy groups -OCH3 is 2. The number of hydrogen-bond acceptors (Lipinski definition) is 4. The van der Waals surface area contributed by atoms with Gasteiger partial charge in [0.1, 0.15) is 18.1 Å². The Kier molecular flexibility index (Phi) is 3.39. The quantitative estimate of drug-likeness (QED) is 0.847. The molecule has 4 nitrogen and oxygen atoms in total. The topological polar surface area (TPSA) is 40.0 Å². The van der Waals surface area contributed by atoms with Crippen molar-refractivity contribution in [3.63, 3.8) is 0 Å². The normalized spacial score (nSPS) is 17.1. The van der Waals surface area contributed by atoms with Gasteiger partial charge in [0.05, 0.1) is 30.3 Å². The molecule has 0 aliphatic carbocycles. The van der Waals surface area contributed by atoms with Crippen LogP contribution in [-0.2, 0) is 4.74 Å². The van der Waals surface area contributed by atoms with Crippen LogP contribution in [-0.4, -0.2) is 32.3 Å². The molecule has 1 heterocycles. The molecular formula is C13H16ClNO3. The number of nitrogens with zero attached hydrogens (tertiary/aromatic N) is 1. The Morgan fingerprint density at radius 3 is 2.50 bits per heavy atom. The predicted molar refractivity (Wildman–Crippen MR) is 71.1 cm³/mol. The first-order valence-corrected chi connectivity index (χ1v) is 5.99. The van der Waals surface area contributed by atoms with Crippen LogP contribution in [0.4, 0.5) is 0 Å². The van der Waals surface area contributed by atoms with Crippen LogP contribution < -0.4 is 9.47 Å². The Hall–Kier alpha value is -1.42. The minimum absolute atomic E-state index is 0.227. The number of halogens is 1. The Morgan fingerprint density at radius 2 is 2.00 bits per heavy atom. The van der Waals surface area contributed by atoms with E-state index in [1.807, 2.05) is 13.8 Å². The Morgan fingerprint density at radius 1 is 1.28 bits per heavy atom. The van der Waals surface area contributed by atoms with Crippen molar-refractivity contribution in [1.82, 2.24) is 0 Å². The fraction of sp³-hybridized carbons (Fsp3) is 0.462. The highest BCUT2D eigenvalue weighted by atomic mass is 35.5. The number of ether oxygens (including phenoxy) is 3. The van der Waals surface area contributed by atoms with E-state index in [9.17, 15) is 0 Å². The molecule has 1 aliphatic heterocycles. The molecule has 0 atom stereocenters. The number of aliphatic imine (C=N–C) groups is 1. The largest absolute Gasteiger partial charge is 0.497 e. The van der Waals surface area contributed by atoms with Crippen molar-refractivity contribution >= 4 is 17.5 Å². The third kappa shape index (κ3) is 2.38. The van der Waals surface area contributed by atoms with Crippen LogP contribution in [0.25, 0.3) is 0 Å².